The molecule has 2 heterocycles. The van der Waals surface area contributed by atoms with Crippen LogP contribution in [-0.2, 0) is 20.8 Å². The van der Waals surface area contributed by atoms with Crippen LogP contribution in [0.4, 0.5) is 0 Å². The molecule has 0 atom stereocenters. The van der Waals surface area contributed by atoms with Crippen LogP contribution < -0.4 is 0 Å². The van der Waals surface area contributed by atoms with E-state index in [4.69, 9.17) is 18.7 Å². The van der Waals surface area contributed by atoms with Gasteiger partial charge in [0.2, 0.25) is 0 Å². The highest BCUT2D eigenvalue weighted by atomic mass is 16.7. The van der Waals surface area contributed by atoms with Crippen molar-refractivity contribution in [3.63, 3.8) is 0 Å². The van der Waals surface area contributed by atoms with E-state index in [1.54, 1.807) is 6.20 Å². The molecule has 1 aromatic heterocycles. The molecule has 1 saturated carbocycles. The number of nitrogens with zero attached hydrogens (tertiary/aromatic N) is 1. The van der Waals surface area contributed by atoms with E-state index < -0.39 is 0 Å². The van der Waals surface area contributed by atoms with E-state index in [9.17, 15) is 0 Å². The van der Waals surface area contributed by atoms with Crippen LogP contribution in [0.2, 0.25) is 0 Å². The van der Waals surface area contributed by atoms with E-state index in [-0.39, 0.29) is 11.9 Å². The van der Waals surface area contributed by atoms with Gasteiger partial charge in [0.15, 0.2) is 11.5 Å². The SMILES string of the molecule is c1cc(COC2CCC3(CC2)OCCO3)on1. The zero-order chi connectivity index (χ0) is 11.6. The molecule has 2 fully saturated rings. The topological polar surface area (TPSA) is 53.7 Å². The van der Waals surface area contributed by atoms with Crippen LogP contribution in [0.25, 0.3) is 0 Å². The normalized spacial score (nSPS) is 24.5. The molecule has 0 radical (unpaired) electrons. The summed E-state index contributed by atoms with van der Waals surface area (Å²) in [6.07, 6.45) is 5.72. The van der Waals surface area contributed by atoms with Crippen molar-refractivity contribution in [3.8, 4) is 0 Å². The zero-order valence-electron chi connectivity index (χ0n) is 9.76. The molecular formula is C12H17NO4. The number of ether oxygens (including phenoxy) is 3. The Morgan fingerprint density at radius 1 is 1.29 bits per heavy atom. The van der Waals surface area contributed by atoms with Crippen LogP contribution in [-0.4, -0.2) is 30.3 Å². The third kappa shape index (κ3) is 2.51. The van der Waals surface area contributed by atoms with Crippen molar-refractivity contribution in [1.29, 1.82) is 0 Å². The van der Waals surface area contributed by atoms with Crippen LogP contribution >= 0.6 is 0 Å². The molecule has 94 valence electrons. The molecule has 1 aromatic rings. The molecule has 0 amide bonds. The third-order valence-electron chi connectivity index (χ3n) is 3.46. The lowest BCUT2D eigenvalue weighted by Crippen LogP contribution is -2.37. The maximum absolute atomic E-state index is 5.79. The summed E-state index contributed by atoms with van der Waals surface area (Å²) in [5.74, 6) is 0.477. The summed E-state index contributed by atoms with van der Waals surface area (Å²) in [7, 11) is 0. The monoisotopic (exact) mass is 239 g/mol. The van der Waals surface area contributed by atoms with Gasteiger partial charge in [0.25, 0.3) is 0 Å². The lowest BCUT2D eigenvalue weighted by molar-refractivity contribution is -0.193. The number of hydrogen-bond acceptors (Lipinski definition) is 5. The first-order chi connectivity index (χ1) is 8.36. The van der Waals surface area contributed by atoms with Crippen LogP contribution in [0.15, 0.2) is 16.8 Å². The van der Waals surface area contributed by atoms with Gasteiger partial charge in [-0.05, 0) is 12.8 Å². The summed E-state index contributed by atoms with van der Waals surface area (Å²) in [4.78, 5) is 0. The lowest BCUT2D eigenvalue weighted by Gasteiger charge is -2.35. The first-order valence-electron chi connectivity index (χ1n) is 6.15. The second kappa shape index (κ2) is 4.76. The van der Waals surface area contributed by atoms with Crippen LogP contribution in [0, 0.1) is 0 Å². The Kier molecular flexibility index (Phi) is 3.13. The minimum absolute atomic E-state index is 0.276. The molecule has 0 aromatic carbocycles. The van der Waals surface area contributed by atoms with Crippen molar-refractivity contribution in [2.75, 3.05) is 13.2 Å². The Balaban J connectivity index is 1.45. The Hall–Kier alpha value is -0.910. The maximum atomic E-state index is 5.79. The minimum Gasteiger partial charge on any atom is -0.370 e. The van der Waals surface area contributed by atoms with E-state index in [2.05, 4.69) is 5.16 Å². The highest BCUT2D eigenvalue weighted by Crippen LogP contribution is 2.36. The molecule has 5 nitrogen and oxygen atoms in total. The van der Waals surface area contributed by atoms with Gasteiger partial charge in [-0.2, -0.15) is 0 Å². The van der Waals surface area contributed by atoms with Crippen LogP contribution in [0.5, 0.6) is 0 Å². The van der Waals surface area contributed by atoms with Gasteiger partial charge in [0.05, 0.1) is 25.5 Å². The minimum atomic E-state index is -0.300. The van der Waals surface area contributed by atoms with E-state index in [0.717, 1.165) is 44.7 Å². The summed E-state index contributed by atoms with van der Waals surface area (Å²) < 4.78 is 22.1. The van der Waals surface area contributed by atoms with E-state index in [1.165, 1.54) is 0 Å². The lowest BCUT2D eigenvalue weighted by atomic mass is 9.92. The van der Waals surface area contributed by atoms with Gasteiger partial charge in [-0.3, -0.25) is 0 Å². The average Bonchev–Trinajstić information content (AvgIpc) is 3.01. The van der Waals surface area contributed by atoms with Gasteiger partial charge in [-0.1, -0.05) is 5.16 Å². The van der Waals surface area contributed by atoms with E-state index in [1.807, 2.05) is 6.07 Å². The molecule has 1 spiro atoms. The van der Waals surface area contributed by atoms with Crippen LogP contribution in [0.3, 0.4) is 0 Å². The zero-order valence-corrected chi connectivity index (χ0v) is 9.76. The fraction of sp³-hybridized carbons (Fsp3) is 0.750. The third-order valence-corrected chi connectivity index (χ3v) is 3.46. The van der Waals surface area contributed by atoms with Gasteiger partial charge in [-0.25, -0.2) is 0 Å². The van der Waals surface area contributed by atoms with Crippen molar-refractivity contribution in [3.05, 3.63) is 18.0 Å². The Morgan fingerprint density at radius 3 is 2.71 bits per heavy atom. The molecule has 1 aliphatic heterocycles. The fourth-order valence-corrected chi connectivity index (χ4v) is 2.50. The van der Waals surface area contributed by atoms with Crippen molar-refractivity contribution < 1.29 is 18.7 Å². The van der Waals surface area contributed by atoms with Crippen LogP contribution in [0.1, 0.15) is 31.4 Å². The van der Waals surface area contributed by atoms with Crippen molar-refractivity contribution in [2.24, 2.45) is 0 Å². The van der Waals surface area contributed by atoms with Gasteiger partial charge in [-0.15, -0.1) is 0 Å². The second-order valence-corrected chi connectivity index (χ2v) is 4.60. The number of aromatic nitrogens is 1. The average molecular weight is 239 g/mol. The molecule has 17 heavy (non-hydrogen) atoms. The molecule has 0 unspecified atom stereocenters. The fourth-order valence-electron chi connectivity index (χ4n) is 2.50. The molecule has 2 aliphatic rings. The Labute approximate surface area is 100 Å². The van der Waals surface area contributed by atoms with Crippen molar-refractivity contribution in [2.45, 2.75) is 44.2 Å². The molecule has 0 bridgehead atoms. The standard InChI is InChI=1S/C12H17NO4/c1-4-12(15-7-8-16-12)5-2-10(1)14-9-11-3-6-13-17-11/h3,6,10H,1-2,4-5,7-9H2. The molecule has 1 aliphatic carbocycles. The number of hydrogen-bond donors (Lipinski definition) is 0. The van der Waals surface area contributed by atoms with Crippen molar-refractivity contribution >= 4 is 0 Å². The smallest absolute Gasteiger partial charge is 0.168 e. The summed E-state index contributed by atoms with van der Waals surface area (Å²) >= 11 is 0. The maximum Gasteiger partial charge on any atom is 0.168 e. The molecular weight excluding hydrogens is 222 g/mol. The summed E-state index contributed by atoms with van der Waals surface area (Å²) in [5.41, 5.74) is 0. The summed E-state index contributed by atoms with van der Waals surface area (Å²) in [6.45, 7) is 1.95. The first-order valence-corrected chi connectivity index (χ1v) is 6.15. The van der Waals surface area contributed by atoms with Gasteiger partial charge < -0.3 is 18.7 Å². The van der Waals surface area contributed by atoms with Gasteiger partial charge >= 0.3 is 0 Å². The molecule has 5 heteroatoms. The Bertz CT molecular complexity index is 335. The largest absolute Gasteiger partial charge is 0.370 e. The molecule has 3 rings (SSSR count). The highest BCUT2D eigenvalue weighted by molar-refractivity contribution is 4.91. The van der Waals surface area contributed by atoms with E-state index in [0.29, 0.717) is 6.61 Å². The van der Waals surface area contributed by atoms with Gasteiger partial charge in [0, 0.05) is 18.9 Å². The first kappa shape index (κ1) is 11.2. The van der Waals surface area contributed by atoms with E-state index >= 15 is 0 Å². The van der Waals surface area contributed by atoms with Crippen molar-refractivity contribution in [1.82, 2.24) is 5.16 Å². The molecule has 0 N–H and O–H groups in total. The van der Waals surface area contributed by atoms with Gasteiger partial charge in [0.1, 0.15) is 6.61 Å². The predicted molar refractivity (Wildman–Crippen MR) is 58.2 cm³/mol. The summed E-state index contributed by atoms with van der Waals surface area (Å²) in [6, 6.07) is 1.83. The molecule has 1 saturated heterocycles. The summed E-state index contributed by atoms with van der Waals surface area (Å²) in [5, 5.41) is 3.65. The highest BCUT2D eigenvalue weighted by Gasteiger charge is 2.40. The predicted octanol–water partition coefficient (Wildman–Crippen LogP) is 1.88. The number of rotatable bonds is 3. The quantitative estimate of drug-likeness (QED) is 0.806. The Morgan fingerprint density at radius 2 is 2.06 bits per heavy atom. The second-order valence-electron chi connectivity index (χ2n) is 4.60.